The van der Waals surface area contributed by atoms with E-state index in [-0.39, 0.29) is 12.1 Å². The molecule has 0 saturated carbocycles. The fourth-order valence-corrected chi connectivity index (χ4v) is 4.04. The van der Waals surface area contributed by atoms with Crippen LogP contribution in [0.3, 0.4) is 0 Å². The third-order valence-electron chi connectivity index (χ3n) is 4.32. The summed E-state index contributed by atoms with van der Waals surface area (Å²) >= 11 is 1.57. The number of anilines is 1. The first-order valence-corrected chi connectivity index (χ1v) is 9.20. The number of fused-ring (bicyclic) bond motifs is 1. The van der Waals surface area contributed by atoms with E-state index >= 15 is 0 Å². The van der Waals surface area contributed by atoms with Crippen LogP contribution in [-0.4, -0.2) is 25.2 Å². The maximum Gasteiger partial charge on any atom is 0.321 e. The summed E-state index contributed by atoms with van der Waals surface area (Å²) < 4.78 is 10.6. The first-order chi connectivity index (χ1) is 12.1. The molecule has 7 heteroatoms. The molecule has 0 bridgehead atoms. The average Bonchev–Trinajstić information content (AvgIpc) is 3.02. The monoisotopic (exact) mass is 361 g/mol. The summed E-state index contributed by atoms with van der Waals surface area (Å²) in [5.41, 5.74) is 1.99. The number of nitrogens with one attached hydrogen (secondary N) is 2. The van der Waals surface area contributed by atoms with E-state index < -0.39 is 0 Å². The molecule has 0 fully saturated rings. The molecule has 1 aliphatic carbocycles. The number of carbonyl (C=O) groups excluding carboxylic acids is 1. The number of benzene rings is 1. The number of urea groups is 1. The van der Waals surface area contributed by atoms with Crippen molar-refractivity contribution in [1.82, 2.24) is 10.3 Å². The summed E-state index contributed by atoms with van der Waals surface area (Å²) in [5.74, 6) is 1.43. The normalized spacial score (nSPS) is 14.4. The number of hydrogen-bond donors (Lipinski definition) is 2. The fourth-order valence-electron chi connectivity index (χ4n) is 2.99. The number of carbonyl (C=O) groups is 1. The summed E-state index contributed by atoms with van der Waals surface area (Å²) in [5, 5.41) is 6.44. The highest BCUT2D eigenvalue weighted by atomic mass is 32.1. The second kappa shape index (κ2) is 7.74. The smallest absolute Gasteiger partial charge is 0.321 e. The third kappa shape index (κ3) is 4.04. The molecule has 25 heavy (non-hydrogen) atoms. The molecule has 1 atom stereocenters. The van der Waals surface area contributed by atoms with Crippen LogP contribution in [0, 0.1) is 0 Å². The summed E-state index contributed by atoms with van der Waals surface area (Å²) in [6, 6.07) is 5.02. The second-order valence-electron chi connectivity index (χ2n) is 6.02. The zero-order valence-electron chi connectivity index (χ0n) is 14.7. The summed E-state index contributed by atoms with van der Waals surface area (Å²) in [6.07, 6.45) is 4.45. The van der Waals surface area contributed by atoms with Gasteiger partial charge in [0.15, 0.2) is 5.13 Å². The van der Waals surface area contributed by atoms with Gasteiger partial charge in [-0.25, -0.2) is 9.78 Å². The summed E-state index contributed by atoms with van der Waals surface area (Å²) in [4.78, 5) is 18.2. The Kier molecular flexibility index (Phi) is 5.43. The van der Waals surface area contributed by atoms with E-state index in [9.17, 15) is 4.79 Å². The zero-order chi connectivity index (χ0) is 17.8. The lowest BCUT2D eigenvalue weighted by Crippen LogP contribution is -2.31. The first kappa shape index (κ1) is 17.5. The topological polar surface area (TPSA) is 72.5 Å². The highest BCUT2D eigenvalue weighted by Gasteiger charge is 2.18. The van der Waals surface area contributed by atoms with E-state index in [4.69, 9.17) is 9.47 Å². The fraction of sp³-hybridized carbons (Fsp3) is 0.444. The van der Waals surface area contributed by atoms with Gasteiger partial charge in [-0.3, -0.25) is 5.32 Å². The van der Waals surface area contributed by atoms with Gasteiger partial charge in [-0.1, -0.05) is 0 Å². The van der Waals surface area contributed by atoms with Crippen molar-refractivity contribution < 1.29 is 14.3 Å². The minimum absolute atomic E-state index is 0.236. The van der Waals surface area contributed by atoms with Crippen molar-refractivity contribution in [1.29, 1.82) is 0 Å². The maximum atomic E-state index is 12.3. The molecule has 2 aromatic rings. The molecule has 0 aliphatic heterocycles. The highest BCUT2D eigenvalue weighted by Crippen LogP contribution is 2.31. The van der Waals surface area contributed by atoms with E-state index in [2.05, 4.69) is 15.6 Å². The number of ether oxygens (including phenoxy) is 2. The molecule has 1 aromatic carbocycles. The molecule has 3 rings (SSSR count). The van der Waals surface area contributed by atoms with Gasteiger partial charge in [0.1, 0.15) is 11.5 Å². The molecule has 1 heterocycles. The molecule has 1 aromatic heterocycles. The molecule has 134 valence electrons. The Morgan fingerprint density at radius 3 is 2.76 bits per heavy atom. The Morgan fingerprint density at radius 2 is 2.04 bits per heavy atom. The van der Waals surface area contributed by atoms with Crippen LogP contribution in [0.4, 0.5) is 9.93 Å². The Hall–Kier alpha value is -2.28. The number of amides is 2. The molecule has 1 unspecified atom stereocenters. The van der Waals surface area contributed by atoms with E-state index in [0.717, 1.165) is 29.8 Å². The number of nitrogens with zero attached hydrogens (tertiary/aromatic N) is 1. The van der Waals surface area contributed by atoms with Crippen LogP contribution in [0.5, 0.6) is 11.5 Å². The SMILES string of the molecule is COc1ccc(OC)c(C(C)NC(=O)Nc2nc3c(s2)CCCC3)c1. The Labute approximate surface area is 151 Å². The lowest BCUT2D eigenvalue weighted by atomic mass is 10.0. The van der Waals surface area contributed by atoms with E-state index in [1.165, 1.54) is 17.7 Å². The molecular formula is C18H23N3O3S. The van der Waals surface area contributed by atoms with Gasteiger partial charge in [-0.2, -0.15) is 0 Å². The lowest BCUT2D eigenvalue weighted by Gasteiger charge is -2.18. The van der Waals surface area contributed by atoms with Crippen LogP contribution in [0.25, 0.3) is 0 Å². The molecule has 0 spiro atoms. The minimum Gasteiger partial charge on any atom is -0.497 e. The molecule has 2 N–H and O–H groups in total. The van der Waals surface area contributed by atoms with Gasteiger partial charge in [0.25, 0.3) is 0 Å². The number of aryl methyl sites for hydroxylation is 2. The largest absolute Gasteiger partial charge is 0.497 e. The van der Waals surface area contributed by atoms with Crippen LogP contribution in [0.1, 0.15) is 41.9 Å². The van der Waals surface area contributed by atoms with Crippen LogP contribution < -0.4 is 20.1 Å². The Bertz CT molecular complexity index is 737. The Balaban J connectivity index is 1.67. The number of hydrogen-bond acceptors (Lipinski definition) is 5. The number of aromatic nitrogens is 1. The first-order valence-electron chi connectivity index (χ1n) is 8.38. The third-order valence-corrected chi connectivity index (χ3v) is 5.39. The number of methoxy groups -OCH3 is 2. The highest BCUT2D eigenvalue weighted by molar-refractivity contribution is 7.15. The van der Waals surface area contributed by atoms with E-state index in [0.29, 0.717) is 10.9 Å². The number of rotatable bonds is 5. The molecular weight excluding hydrogens is 338 g/mol. The van der Waals surface area contributed by atoms with Gasteiger partial charge in [0.05, 0.1) is 26.0 Å². The van der Waals surface area contributed by atoms with Crippen molar-refractivity contribution in [2.45, 2.75) is 38.6 Å². The van der Waals surface area contributed by atoms with Crippen LogP contribution in [0.15, 0.2) is 18.2 Å². The number of thiazole rings is 1. The van der Waals surface area contributed by atoms with Gasteiger partial charge in [-0.15, -0.1) is 11.3 Å². The van der Waals surface area contributed by atoms with Gasteiger partial charge in [-0.05, 0) is 50.8 Å². The quantitative estimate of drug-likeness (QED) is 0.846. The lowest BCUT2D eigenvalue weighted by molar-refractivity contribution is 0.249. The summed E-state index contributed by atoms with van der Waals surface area (Å²) in [6.45, 7) is 1.91. The predicted octanol–water partition coefficient (Wildman–Crippen LogP) is 3.92. The van der Waals surface area contributed by atoms with Crippen LogP contribution in [-0.2, 0) is 12.8 Å². The molecule has 0 saturated heterocycles. The molecule has 2 amide bonds. The zero-order valence-corrected chi connectivity index (χ0v) is 15.5. The van der Waals surface area contributed by atoms with Crippen molar-refractivity contribution in [2.75, 3.05) is 19.5 Å². The second-order valence-corrected chi connectivity index (χ2v) is 7.11. The van der Waals surface area contributed by atoms with Crippen molar-refractivity contribution in [3.05, 3.63) is 34.3 Å². The van der Waals surface area contributed by atoms with Gasteiger partial charge in [0, 0.05) is 10.4 Å². The maximum absolute atomic E-state index is 12.3. The van der Waals surface area contributed by atoms with E-state index in [1.807, 2.05) is 25.1 Å². The van der Waals surface area contributed by atoms with Gasteiger partial charge < -0.3 is 14.8 Å². The van der Waals surface area contributed by atoms with Crippen molar-refractivity contribution >= 4 is 22.5 Å². The molecule has 1 aliphatic rings. The van der Waals surface area contributed by atoms with Crippen molar-refractivity contribution in [3.8, 4) is 11.5 Å². The Morgan fingerprint density at radius 1 is 1.24 bits per heavy atom. The van der Waals surface area contributed by atoms with Gasteiger partial charge in [0.2, 0.25) is 0 Å². The van der Waals surface area contributed by atoms with Crippen molar-refractivity contribution in [3.63, 3.8) is 0 Å². The minimum atomic E-state index is -0.275. The average molecular weight is 361 g/mol. The predicted molar refractivity (Wildman–Crippen MR) is 98.9 cm³/mol. The molecule has 0 radical (unpaired) electrons. The van der Waals surface area contributed by atoms with Crippen LogP contribution in [0.2, 0.25) is 0 Å². The molecule has 6 nitrogen and oxygen atoms in total. The summed E-state index contributed by atoms with van der Waals surface area (Å²) in [7, 11) is 3.22. The standard InChI is InChI=1S/C18H23N3O3S/c1-11(13-10-12(23-2)8-9-15(13)24-3)19-17(22)21-18-20-14-6-4-5-7-16(14)25-18/h8-11H,4-7H2,1-3H3,(H2,19,20,21,22). The van der Waals surface area contributed by atoms with E-state index in [1.54, 1.807) is 25.6 Å². The van der Waals surface area contributed by atoms with Gasteiger partial charge >= 0.3 is 6.03 Å². The van der Waals surface area contributed by atoms with Crippen LogP contribution >= 0.6 is 11.3 Å². The van der Waals surface area contributed by atoms with Crippen molar-refractivity contribution in [2.24, 2.45) is 0 Å².